The van der Waals surface area contributed by atoms with Crippen molar-refractivity contribution in [2.45, 2.75) is 6.92 Å². The maximum absolute atomic E-state index is 11.6. The summed E-state index contributed by atoms with van der Waals surface area (Å²) in [6, 6.07) is 0. The lowest BCUT2D eigenvalue weighted by Gasteiger charge is -2.07. The molecule has 0 aliphatic carbocycles. The molecule has 0 aliphatic heterocycles. The van der Waals surface area contributed by atoms with Crippen LogP contribution in [0.15, 0.2) is 0 Å². The Morgan fingerprint density at radius 2 is 1.80 bits per heavy atom. The molecule has 0 heterocycles. The molecule has 0 aromatic heterocycles. The molecule has 0 fully saturated rings. The zero-order valence-corrected chi connectivity index (χ0v) is 9.28. The van der Waals surface area contributed by atoms with Gasteiger partial charge in [0.1, 0.15) is 0 Å². The van der Waals surface area contributed by atoms with Crippen molar-refractivity contribution in [3.05, 3.63) is 5.53 Å². The largest absolute Gasteiger partial charge is 0.465 e. The Labute approximate surface area is 85.7 Å². The molecule has 0 unspecified atom stereocenters. The molecule has 2 amide bonds. The smallest absolute Gasteiger partial charge is 0.360 e. The maximum atomic E-state index is 11.6. The molecule has 0 aliphatic rings. The van der Waals surface area contributed by atoms with Crippen molar-refractivity contribution < 1.29 is 28.0 Å². The molecular weight excluding hydrogens is 225 g/mol. The van der Waals surface area contributed by atoms with Gasteiger partial charge in [0, 0.05) is 21.1 Å². The molecule has 0 spiro atoms. The summed E-state index contributed by atoms with van der Waals surface area (Å²) in [7, 11) is -1.95. The SMILES string of the molecule is COP(=O)(OC)C(=[N+]=[N-])C(=O)NC(C)=O. The normalized spacial score (nSPS) is 10.3. The average molecular weight is 235 g/mol. The number of amides is 2. The fraction of sp³-hybridized carbons (Fsp3) is 0.500. The van der Waals surface area contributed by atoms with E-state index in [2.05, 4.69) is 13.8 Å². The number of rotatable bonds is 4. The second-order valence-electron chi connectivity index (χ2n) is 2.30. The summed E-state index contributed by atoms with van der Waals surface area (Å²) in [4.78, 5) is 24.2. The van der Waals surface area contributed by atoms with Gasteiger partial charge in [-0.1, -0.05) is 0 Å². The lowest BCUT2D eigenvalue weighted by molar-refractivity contribution is -0.127. The van der Waals surface area contributed by atoms with Gasteiger partial charge in [0.15, 0.2) is 0 Å². The van der Waals surface area contributed by atoms with Gasteiger partial charge >= 0.3 is 19.0 Å². The molecule has 15 heavy (non-hydrogen) atoms. The van der Waals surface area contributed by atoms with E-state index >= 15 is 0 Å². The lowest BCUT2D eigenvalue weighted by Crippen LogP contribution is -2.35. The Morgan fingerprint density at radius 1 is 1.33 bits per heavy atom. The first kappa shape index (κ1) is 13.7. The van der Waals surface area contributed by atoms with Crippen molar-refractivity contribution in [1.29, 1.82) is 0 Å². The Hall–Kier alpha value is -1.33. The molecule has 0 saturated carbocycles. The molecule has 84 valence electrons. The summed E-state index contributed by atoms with van der Waals surface area (Å²) in [6.45, 7) is 1.07. The van der Waals surface area contributed by atoms with Gasteiger partial charge in [0.25, 0.3) is 0 Å². The number of nitrogens with one attached hydrogen (secondary N) is 1. The Morgan fingerprint density at radius 3 is 2.07 bits per heavy atom. The van der Waals surface area contributed by atoms with Crippen LogP contribution in [0.3, 0.4) is 0 Å². The lowest BCUT2D eigenvalue weighted by atomic mass is 10.6. The molecule has 0 bridgehead atoms. The second kappa shape index (κ2) is 5.53. The summed E-state index contributed by atoms with van der Waals surface area (Å²) in [5.74, 6) is -1.84. The minimum Gasteiger partial charge on any atom is -0.360 e. The summed E-state index contributed by atoms with van der Waals surface area (Å²) in [5, 5.41) is 1.77. The molecule has 0 saturated heterocycles. The maximum Gasteiger partial charge on any atom is 0.465 e. The third kappa shape index (κ3) is 3.38. The summed E-state index contributed by atoms with van der Waals surface area (Å²) < 4.78 is 20.4. The summed E-state index contributed by atoms with van der Waals surface area (Å²) in [6.07, 6.45) is 0. The highest BCUT2D eigenvalue weighted by Gasteiger charge is 2.44. The van der Waals surface area contributed by atoms with Crippen molar-refractivity contribution >= 4 is 24.9 Å². The van der Waals surface area contributed by atoms with Gasteiger partial charge in [-0.05, 0) is 0 Å². The van der Waals surface area contributed by atoms with E-state index in [9.17, 15) is 14.2 Å². The molecule has 8 nitrogen and oxygen atoms in total. The van der Waals surface area contributed by atoms with Gasteiger partial charge in [0.2, 0.25) is 5.91 Å². The number of carbonyl (C=O) groups is 2. The van der Waals surface area contributed by atoms with Gasteiger partial charge in [-0.15, -0.1) is 0 Å². The van der Waals surface area contributed by atoms with Crippen molar-refractivity contribution in [2.75, 3.05) is 14.2 Å². The third-order valence-corrected chi connectivity index (χ3v) is 3.10. The monoisotopic (exact) mass is 235 g/mol. The number of imide groups is 1. The predicted molar refractivity (Wildman–Crippen MR) is 49.1 cm³/mol. The highest BCUT2D eigenvalue weighted by molar-refractivity contribution is 7.74. The molecule has 0 aromatic carbocycles. The molecule has 1 N–H and O–H groups in total. The number of hydrogen-bond donors (Lipinski definition) is 1. The van der Waals surface area contributed by atoms with Gasteiger partial charge in [0.05, 0.1) is 0 Å². The van der Waals surface area contributed by atoms with Crippen LogP contribution in [0.5, 0.6) is 0 Å². The zero-order valence-electron chi connectivity index (χ0n) is 8.38. The van der Waals surface area contributed by atoms with E-state index in [4.69, 9.17) is 5.53 Å². The number of nitrogens with zero attached hydrogens (tertiary/aromatic N) is 2. The van der Waals surface area contributed by atoms with E-state index in [-0.39, 0.29) is 0 Å². The van der Waals surface area contributed by atoms with Crippen LogP contribution < -0.4 is 5.32 Å². The van der Waals surface area contributed by atoms with Crippen molar-refractivity contribution in [2.24, 2.45) is 0 Å². The molecular formula is C6H10N3O5P. The fourth-order valence-electron chi connectivity index (χ4n) is 0.688. The molecule has 9 heteroatoms. The molecule has 0 radical (unpaired) electrons. The Bertz CT molecular complexity index is 365. The first-order valence-electron chi connectivity index (χ1n) is 3.67. The zero-order chi connectivity index (χ0) is 12.1. The highest BCUT2D eigenvalue weighted by Crippen LogP contribution is 2.47. The first-order chi connectivity index (χ1) is 6.91. The molecule has 0 atom stereocenters. The Kier molecular flexibility index (Phi) is 5.04. The summed E-state index contributed by atoms with van der Waals surface area (Å²) in [5.41, 5.74) is 7.60. The minimum atomic E-state index is -3.97. The van der Waals surface area contributed by atoms with Gasteiger partial charge < -0.3 is 14.6 Å². The van der Waals surface area contributed by atoms with Crippen LogP contribution in [0.25, 0.3) is 5.53 Å². The van der Waals surface area contributed by atoms with Gasteiger partial charge in [-0.3, -0.25) is 14.9 Å². The van der Waals surface area contributed by atoms with Crippen LogP contribution in [0.1, 0.15) is 6.92 Å². The minimum absolute atomic E-state index is 0.695. The number of hydrogen-bond acceptors (Lipinski definition) is 5. The van der Waals surface area contributed by atoms with E-state index < -0.39 is 24.9 Å². The van der Waals surface area contributed by atoms with Crippen LogP contribution in [-0.4, -0.2) is 36.3 Å². The molecule has 0 aromatic rings. The van der Waals surface area contributed by atoms with E-state index in [1.165, 1.54) is 0 Å². The van der Waals surface area contributed by atoms with Gasteiger partial charge in [-0.2, -0.15) is 4.79 Å². The first-order valence-corrected chi connectivity index (χ1v) is 5.21. The van der Waals surface area contributed by atoms with E-state index in [0.29, 0.717) is 0 Å². The second-order valence-corrected chi connectivity index (χ2v) is 4.45. The standard InChI is InChI=1S/C6H10N3O5P/c1-4(10)8-5(11)6(9-7)15(12,13-2)14-3/h1-3H3,(H,8,10,11). The van der Waals surface area contributed by atoms with E-state index in [0.717, 1.165) is 21.1 Å². The van der Waals surface area contributed by atoms with Gasteiger partial charge in [-0.25, -0.2) is 4.57 Å². The fourth-order valence-corrected chi connectivity index (χ4v) is 1.60. The van der Waals surface area contributed by atoms with Crippen LogP contribution >= 0.6 is 7.60 Å². The van der Waals surface area contributed by atoms with Crippen molar-refractivity contribution in [3.63, 3.8) is 0 Å². The summed E-state index contributed by atoms with van der Waals surface area (Å²) >= 11 is 0. The van der Waals surface area contributed by atoms with Crippen LogP contribution in [0, 0.1) is 0 Å². The van der Waals surface area contributed by atoms with Crippen LogP contribution in [-0.2, 0) is 23.2 Å². The van der Waals surface area contributed by atoms with Crippen LogP contribution in [0.4, 0.5) is 0 Å². The highest BCUT2D eigenvalue weighted by atomic mass is 31.2. The van der Waals surface area contributed by atoms with Crippen LogP contribution in [0.2, 0.25) is 0 Å². The third-order valence-electron chi connectivity index (χ3n) is 1.33. The van der Waals surface area contributed by atoms with Crippen molar-refractivity contribution in [3.8, 4) is 0 Å². The van der Waals surface area contributed by atoms with Crippen molar-refractivity contribution in [1.82, 2.24) is 5.32 Å². The topological polar surface area (TPSA) is 118 Å². The van der Waals surface area contributed by atoms with E-state index in [1.54, 1.807) is 5.32 Å². The predicted octanol–water partition coefficient (Wildman–Crippen LogP) is -0.237. The Balaban J connectivity index is 5.11. The van der Waals surface area contributed by atoms with E-state index in [1.807, 2.05) is 0 Å². The number of carbonyl (C=O) groups excluding carboxylic acids is 2. The molecule has 0 rings (SSSR count). The average Bonchev–Trinajstić information content (AvgIpc) is 2.17. The quantitative estimate of drug-likeness (QED) is 0.312.